The molecular weight excluding hydrogens is 186 g/mol. The van der Waals surface area contributed by atoms with E-state index in [2.05, 4.69) is 11.6 Å². The summed E-state index contributed by atoms with van der Waals surface area (Å²) >= 11 is 4.45. The zero-order valence-corrected chi connectivity index (χ0v) is 6.64. The molecule has 0 spiro atoms. The molecule has 0 bridgehead atoms. The first-order valence-corrected chi connectivity index (χ1v) is 4.38. The van der Waals surface area contributed by atoms with Gasteiger partial charge in [-0.05, 0) is 11.6 Å². The molecule has 0 unspecified atom stereocenters. The van der Waals surface area contributed by atoms with E-state index in [0.717, 1.165) is 0 Å². The Morgan fingerprint density at radius 1 is 1.50 bits per heavy atom. The number of halogens is 3. The molecule has 60 valence electrons. The van der Waals surface area contributed by atoms with Gasteiger partial charge in [0, 0.05) is 0 Å². The first kappa shape index (κ1) is 9.84. The summed E-state index contributed by atoms with van der Waals surface area (Å²) in [5.41, 5.74) is 0. The molecule has 0 atom stereocenters. The van der Waals surface area contributed by atoms with Gasteiger partial charge in [-0.2, -0.15) is 8.78 Å². The molecule has 0 aliphatic heterocycles. The Morgan fingerprint density at radius 2 is 1.90 bits per heavy atom. The average Bonchev–Trinajstić information content (AvgIpc) is 1.86. The molecule has 0 saturated heterocycles. The van der Waals surface area contributed by atoms with Gasteiger partial charge in [-0.15, -0.1) is 0 Å². The van der Waals surface area contributed by atoms with Gasteiger partial charge in [-0.25, -0.2) is 8.42 Å². The smallest absolute Gasteiger partial charge is 0.221 e. The van der Waals surface area contributed by atoms with Crippen molar-refractivity contribution in [3.8, 4) is 0 Å². The van der Waals surface area contributed by atoms with Crippen LogP contribution in [0.5, 0.6) is 0 Å². The molecule has 0 fully saturated rings. The normalized spacial score (nSPS) is 14.8. The highest BCUT2D eigenvalue weighted by atomic mass is 35.5. The SMILES string of the molecule is CCS(=O)(=O)C(F)=C(F)Cl. The third kappa shape index (κ3) is 2.22. The molecule has 0 radical (unpaired) electrons. The van der Waals surface area contributed by atoms with Crippen molar-refractivity contribution in [2.24, 2.45) is 0 Å². The van der Waals surface area contributed by atoms with Gasteiger partial charge in [0.2, 0.25) is 15.1 Å². The summed E-state index contributed by atoms with van der Waals surface area (Å²) in [7, 11) is -4.09. The molecule has 0 aromatic heterocycles. The molecular formula is C4H5ClF2O2S. The van der Waals surface area contributed by atoms with Crippen LogP contribution in [-0.2, 0) is 9.84 Å². The fourth-order valence-corrected chi connectivity index (χ4v) is 1.09. The first-order valence-electron chi connectivity index (χ1n) is 2.35. The average molecular weight is 191 g/mol. The number of rotatable bonds is 2. The van der Waals surface area contributed by atoms with Gasteiger partial charge in [-0.1, -0.05) is 6.92 Å². The first-order chi connectivity index (χ1) is 4.41. The molecule has 0 saturated carbocycles. The van der Waals surface area contributed by atoms with E-state index >= 15 is 0 Å². The lowest BCUT2D eigenvalue weighted by Gasteiger charge is -1.93. The standard InChI is InChI=1S/C4H5ClF2O2S/c1-2-10(8,9)4(7)3(5)6/h2H2,1H3. The number of hydrogen-bond donors (Lipinski definition) is 0. The third-order valence-corrected chi connectivity index (χ3v) is 2.57. The zero-order chi connectivity index (χ0) is 8.36. The maximum absolute atomic E-state index is 12.1. The Kier molecular flexibility index (Phi) is 3.24. The van der Waals surface area contributed by atoms with Crippen LogP contribution in [0.2, 0.25) is 0 Å². The second-order valence-corrected chi connectivity index (χ2v) is 3.93. The predicted octanol–water partition coefficient (Wildman–Crippen LogP) is 1.73. The number of sulfone groups is 1. The van der Waals surface area contributed by atoms with Crippen LogP contribution in [0.25, 0.3) is 0 Å². The number of hydrogen-bond acceptors (Lipinski definition) is 2. The van der Waals surface area contributed by atoms with E-state index < -0.39 is 26.0 Å². The second-order valence-electron chi connectivity index (χ2n) is 1.44. The lowest BCUT2D eigenvalue weighted by Crippen LogP contribution is -2.03. The van der Waals surface area contributed by atoms with Crippen molar-refractivity contribution < 1.29 is 17.2 Å². The minimum absolute atomic E-state index is 0.501. The highest BCUT2D eigenvalue weighted by molar-refractivity contribution is 7.95. The van der Waals surface area contributed by atoms with Crippen molar-refractivity contribution in [3.63, 3.8) is 0 Å². The molecule has 6 heteroatoms. The largest absolute Gasteiger partial charge is 0.261 e. The fourth-order valence-electron chi connectivity index (χ4n) is 0.244. The highest BCUT2D eigenvalue weighted by Crippen LogP contribution is 2.18. The van der Waals surface area contributed by atoms with Crippen LogP contribution in [0.3, 0.4) is 0 Å². The molecule has 0 aromatic rings. The van der Waals surface area contributed by atoms with E-state index in [4.69, 9.17) is 0 Å². The third-order valence-electron chi connectivity index (χ3n) is 0.802. The van der Waals surface area contributed by atoms with E-state index in [1.165, 1.54) is 6.92 Å². The van der Waals surface area contributed by atoms with Gasteiger partial charge < -0.3 is 0 Å². The van der Waals surface area contributed by atoms with Crippen molar-refractivity contribution in [1.29, 1.82) is 0 Å². The van der Waals surface area contributed by atoms with Gasteiger partial charge in [0.05, 0.1) is 5.75 Å². The van der Waals surface area contributed by atoms with Gasteiger partial charge in [-0.3, -0.25) is 0 Å². The van der Waals surface area contributed by atoms with E-state index in [1.54, 1.807) is 0 Å². The summed E-state index contributed by atoms with van der Waals surface area (Å²) in [4.78, 5) is 0. The molecule has 0 aliphatic carbocycles. The Bertz CT molecular complexity index is 240. The van der Waals surface area contributed by atoms with Crippen LogP contribution in [0, 0.1) is 0 Å². The monoisotopic (exact) mass is 190 g/mol. The molecule has 10 heavy (non-hydrogen) atoms. The van der Waals surface area contributed by atoms with Crippen molar-refractivity contribution in [2.45, 2.75) is 6.92 Å². The molecule has 0 heterocycles. The minimum atomic E-state index is -4.09. The molecule has 0 rings (SSSR count). The van der Waals surface area contributed by atoms with Gasteiger partial charge in [0.1, 0.15) is 0 Å². The summed E-state index contributed by atoms with van der Waals surface area (Å²) < 4.78 is 44.5. The summed E-state index contributed by atoms with van der Waals surface area (Å²) in [6.45, 7) is 1.19. The topological polar surface area (TPSA) is 34.1 Å². The molecule has 0 N–H and O–H groups in total. The maximum Gasteiger partial charge on any atom is 0.261 e. The van der Waals surface area contributed by atoms with Gasteiger partial charge in [0.15, 0.2) is 0 Å². The van der Waals surface area contributed by atoms with Crippen LogP contribution >= 0.6 is 11.6 Å². The molecule has 0 amide bonds. The van der Waals surface area contributed by atoms with Crippen molar-refractivity contribution in [1.82, 2.24) is 0 Å². The van der Waals surface area contributed by atoms with Crippen molar-refractivity contribution in [3.05, 3.63) is 10.4 Å². The van der Waals surface area contributed by atoms with Crippen LogP contribution in [0.4, 0.5) is 8.78 Å². The Labute approximate surface area is 62.4 Å². The quantitative estimate of drug-likeness (QED) is 0.665. The highest BCUT2D eigenvalue weighted by Gasteiger charge is 2.19. The zero-order valence-electron chi connectivity index (χ0n) is 5.07. The van der Waals surface area contributed by atoms with Crippen molar-refractivity contribution >= 4 is 21.4 Å². The van der Waals surface area contributed by atoms with Gasteiger partial charge in [0.25, 0.3) is 5.16 Å². The lowest BCUT2D eigenvalue weighted by atomic mass is 11.0. The van der Waals surface area contributed by atoms with Crippen LogP contribution in [-0.4, -0.2) is 14.2 Å². The molecule has 0 aromatic carbocycles. The molecule has 0 aliphatic rings. The van der Waals surface area contributed by atoms with Crippen LogP contribution in [0.15, 0.2) is 10.4 Å². The van der Waals surface area contributed by atoms with E-state index in [-0.39, 0.29) is 0 Å². The summed E-state index contributed by atoms with van der Waals surface area (Å²) in [6.07, 6.45) is 0. The summed E-state index contributed by atoms with van der Waals surface area (Å²) in [5, 5.41) is -3.71. The van der Waals surface area contributed by atoms with Crippen LogP contribution in [0.1, 0.15) is 6.92 Å². The summed E-state index contributed by atoms with van der Waals surface area (Å²) in [5.74, 6) is -0.501. The van der Waals surface area contributed by atoms with E-state index in [1.807, 2.05) is 0 Å². The minimum Gasteiger partial charge on any atom is -0.221 e. The Morgan fingerprint density at radius 3 is 2.00 bits per heavy atom. The van der Waals surface area contributed by atoms with E-state index in [9.17, 15) is 17.2 Å². The summed E-state index contributed by atoms with van der Waals surface area (Å²) in [6, 6.07) is 0. The van der Waals surface area contributed by atoms with E-state index in [0.29, 0.717) is 0 Å². The van der Waals surface area contributed by atoms with Gasteiger partial charge >= 0.3 is 0 Å². The maximum atomic E-state index is 12.1. The second kappa shape index (κ2) is 3.30. The Hall–Kier alpha value is -0.160. The van der Waals surface area contributed by atoms with Crippen molar-refractivity contribution in [2.75, 3.05) is 5.75 Å². The lowest BCUT2D eigenvalue weighted by molar-refractivity contribution is 0.559. The predicted molar refractivity (Wildman–Crippen MR) is 34.6 cm³/mol. The fraction of sp³-hybridized carbons (Fsp3) is 0.500. The Balaban J connectivity index is 4.87. The van der Waals surface area contributed by atoms with Crippen LogP contribution < -0.4 is 0 Å². The molecule has 2 nitrogen and oxygen atoms in total.